The van der Waals surface area contributed by atoms with E-state index in [1.807, 2.05) is 24.4 Å². The molecule has 0 aromatic carbocycles. The van der Waals surface area contributed by atoms with E-state index in [1.54, 1.807) is 0 Å². The molecule has 15 heavy (non-hydrogen) atoms. The third kappa shape index (κ3) is 2.93. The van der Waals surface area contributed by atoms with Crippen LogP contribution >= 0.6 is 0 Å². The summed E-state index contributed by atoms with van der Waals surface area (Å²) < 4.78 is 5.70. The molecule has 1 atom stereocenters. The van der Waals surface area contributed by atoms with Crippen molar-refractivity contribution in [1.82, 2.24) is 4.98 Å². The number of rotatable bonds is 3. The fraction of sp³-hybridized carbons (Fsp3) is 0.583. The smallest absolute Gasteiger partial charge is 0.128 e. The zero-order valence-electron chi connectivity index (χ0n) is 9.22. The van der Waals surface area contributed by atoms with E-state index in [9.17, 15) is 0 Å². The molecule has 0 saturated carbocycles. The molecule has 0 amide bonds. The van der Waals surface area contributed by atoms with Crippen molar-refractivity contribution in [3.8, 4) is 0 Å². The first kappa shape index (κ1) is 10.4. The van der Waals surface area contributed by atoms with Crippen LogP contribution in [0.15, 0.2) is 24.4 Å². The summed E-state index contributed by atoms with van der Waals surface area (Å²) in [4.78, 5) is 6.48. The van der Waals surface area contributed by atoms with Gasteiger partial charge in [0, 0.05) is 26.4 Å². The maximum absolute atomic E-state index is 5.70. The van der Waals surface area contributed by atoms with Crippen LogP contribution in [0.2, 0.25) is 0 Å². The van der Waals surface area contributed by atoms with Crippen molar-refractivity contribution >= 4 is 5.82 Å². The summed E-state index contributed by atoms with van der Waals surface area (Å²) in [5.74, 6) is 1.02. The van der Waals surface area contributed by atoms with Crippen LogP contribution in [0.4, 0.5) is 5.82 Å². The molecule has 1 saturated heterocycles. The summed E-state index contributed by atoms with van der Waals surface area (Å²) in [6.45, 7) is 1.86. The lowest BCUT2D eigenvalue weighted by Gasteiger charge is -2.27. The zero-order valence-corrected chi connectivity index (χ0v) is 9.22. The zero-order chi connectivity index (χ0) is 10.5. The monoisotopic (exact) mass is 206 g/mol. The van der Waals surface area contributed by atoms with Gasteiger partial charge in [0.1, 0.15) is 5.82 Å². The molecule has 82 valence electrons. The Labute approximate surface area is 91.1 Å². The SMILES string of the molecule is CN(CC1CCCCO1)c1ccccn1. The van der Waals surface area contributed by atoms with E-state index in [1.165, 1.54) is 19.3 Å². The molecule has 1 fully saturated rings. The summed E-state index contributed by atoms with van der Waals surface area (Å²) in [6, 6.07) is 5.98. The second-order valence-corrected chi connectivity index (χ2v) is 4.06. The highest BCUT2D eigenvalue weighted by atomic mass is 16.5. The quantitative estimate of drug-likeness (QED) is 0.757. The average molecular weight is 206 g/mol. The molecule has 1 unspecified atom stereocenters. The van der Waals surface area contributed by atoms with Crippen molar-refractivity contribution in [3.05, 3.63) is 24.4 Å². The Morgan fingerprint density at radius 3 is 3.07 bits per heavy atom. The fourth-order valence-electron chi connectivity index (χ4n) is 1.93. The Bertz CT molecular complexity index is 283. The lowest BCUT2D eigenvalue weighted by Crippen LogP contribution is -2.33. The highest BCUT2D eigenvalue weighted by molar-refractivity contribution is 5.36. The van der Waals surface area contributed by atoms with Crippen LogP contribution in [0.25, 0.3) is 0 Å². The van der Waals surface area contributed by atoms with E-state index in [2.05, 4.69) is 16.9 Å². The first-order valence-electron chi connectivity index (χ1n) is 5.60. The fourth-order valence-corrected chi connectivity index (χ4v) is 1.93. The van der Waals surface area contributed by atoms with E-state index in [4.69, 9.17) is 4.74 Å². The number of pyridine rings is 1. The standard InChI is InChI=1S/C12H18N2O/c1-14(12-7-2-4-8-13-12)10-11-6-3-5-9-15-11/h2,4,7-8,11H,3,5-6,9-10H2,1H3. The van der Waals surface area contributed by atoms with Gasteiger partial charge in [-0.2, -0.15) is 0 Å². The Morgan fingerprint density at radius 2 is 2.40 bits per heavy atom. The molecule has 0 aliphatic carbocycles. The molecule has 1 aromatic heterocycles. The van der Waals surface area contributed by atoms with Gasteiger partial charge in [0.05, 0.1) is 6.10 Å². The number of nitrogens with zero attached hydrogens (tertiary/aromatic N) is 2. The van der Waals surface area contributed by atoms with Crippen LogP contribution in [0.1, 0.15) is 19.3 Å². The van der Waals surface area contributed by atoms with Gasteiger partial charge >= 0.3 is 0 Å². The average Bonchev–Trinajstić information content (AvgIpc) is 2.31. The van der Waals surface area contributed by atoms with Crippen LogP contribution < -0.4 is 4.90 Å². The molecule has 3 heteroatoms. The van der Waals surface area contributed by atoms with Crippen LogP contribution in [0.5, 0.6) is 0 Å². The predicted molar refractivity (Wildman–Crippen MR) is 61.1 cm³/mol. The molecule has 2 heterocycles. The summed E-state index contributed by atoms with van der Waals surface area (Å²) in [7, 11) is 2.07. The third-order valence-corrected chi connectivity index (χ3v) is 2.79. The van der Waals surface area contributed by atoms with Gasteiger partial charge in [-0.15, -0.1) is 0 Å². The normalized spacial score (nSPS) is 21.3. The van der Waals surface area contributed by atoms with Crippen LogP contribution in [0.3, 0.4) is 0 Å². The molecule has 0 radical (unpaired) electrons. The Kier molecular flexibility index (Phi) is 3.56. The first-order valence-corrected chi connectivity index (χ1v) is 5.60. The van der Waals surface area contributed by atoms with E-state index in [0.717, 1.165) is 19.0 Å². The molecule has 1 aliphatic heterocycles. The molecule has 1 aromatic rings. The number of ether oxygens (including phenoxy) is 1. The number of anilines is 1. The summed E-state index contributed by atoms with van der Waals surface area (Å²) in [5.41, 5.74) is 0. The van der Waals surface area contributed by atoms with Crippen molar-refractivity contribution in [2.75, 3.05) is 25.1 Å². The highest BCUT2D eigenvalue weighted by Gasteiger charge is 2.16. The van der Waals surface area contributed by atoms with Crippen molar-refractivity contribution in [2.24, 2.45) is 0 Å². The van der Waals surface area contributed by atoms with Crippen molar-refractivity contribution in [2.45, 2.75) is 25.4 Å². The topological polar surface area (TPSA) is 25.4 Å². The molecule has 0 bridgehead atoms. The highest BCUT2D eigenvalue weighted by Crippen LogP contribution is 2.15. The summed E-state index contributed by atoms with van der Waals surface area (Å²) >= 11 is 0. The largest absolute Gasteiger partial charge is 0.376 e. The van der Waals surface area contributed by atoms with Crippen molar-refractivity contribution in [1.29, 1.82) is 0 Å². The van der Waals surface area contributed by atoms with Gasteiger partial charge in [0.2, 0.25) is 0 Å². The van der Waals surface area contributed by atoms with Gasteiger partial charge in [0.25, 0.3) is 0 Å². The first-order chi connectivity index (χ1) is 7.36. The Balaban J connectivity index is 1.88. The number of hydrogen-bond donors (Lipinski definition) is 0. The van der Waals surface area contributed by atoms with Crippen LogP contribution in [0, 0.1) is 0 Å². The maximum atomic E-state index is 5.70. The minimum Gasteiger partial charge on any atom is -0.376 e. The molecule has 2 rings (SSSR count). The van der Waals surface area contributed by atoms with E-state index >= 15 is 0 Å². The minimum absolute atomic E-state index is 0.380. The predicted octanol–water partition coefficient (Wildman–Crippen LogP) is 2.09. The number of hydrogen-bond acceptors (Lipinski definition) is 3. The van der Waals surface area contributed by atoms with E-state index in [-0.39, 0.29) is 0 Å². The maximum Gasteiger partial charge on any atom is 0.128 e. The number of likely N-dealkylation sites (N-methyl/N-ethyl adjacent to an activating group) is 1. The second kappa shape index (κ2) is 5.12. The van der Waals surface area contributed by atoms with E-state index in [0.29, 0.717) is 6.10 Å². The molecular formula is C12H18N2O. The molecule has 0 spiro atoms. The van der Waals surface area contributed by atoms with Gasteiger partial charge in [-0.25, -0.2) is 4.98 Å². The Morgan fingerprint density at radius 1 is 1.47 bits per heavy atom. The third-order valence-electron chi connectivity index (χ3n) is 2.79. The van der Waals surface area contributed by atoms with Gasteiger partial charge < -0.3 is 9.64 Å². The molecule has 1 aliphatic rings. The lowest BCUT2D eigenvalue weighted by molar-refractivity contribution is 0.0215. The van der Waals surface area contributed by atoms with Crippen LogP contribution in [-0.4, -0.2) is 31.3 Å². The van der Waals surface area contributed by atoms with E-state index < -0.39 is 0 Å². The van der Waals surface area contributed by atoms with Gasteiger partial charge in [-0.05, 0) is 31.4 Å². The summed E-state index contributed by atoms with van der Waals surface area (Å²) in [6.07, 6.45) is 5.89. The molecule has 3 nitrogen and oxygen atoms in total. The van der Waals surface area contributed by atoms with Crippen LogP contribution in [-0.2, 0) is 4.74 Å². The molecular weight excluding hydrogens is 188 g/mol. The molecule has 0 N–H and O–H groups in total. The minimum atomic E-state index is 0.380. The lowest BCUT2D eigenvalue weighted by atomic mass is 10.1. The summed E-state index contributed by atoms with van der Waals surface area (Å²) in [5, 5.41) is 0. The van der Waals surface area contributed by atoms with Gasteiger partial charge in [-0.1, -0.05) is 6.07 Å². The van der Waals surface area contributed by atoms with Crippen molar-refractivity contribution < 1.29 is 4.74 Å². The van der Waals surface area contributed by atoms with Gasteiger partial charge in [-0.3, -0.25) is 0 Å². The van der Waals surface area contributed by atoms with Gasteiger partial charge in [0.15, 0.2) is 0 Å². The second-order valence-electron chi connectivity index (χ2n) is 4.06. The van der Waals surface area contributed by atoms with Crippen molar-refractivity contribution in [3.63, 3.8) is 0 Å². The Hall–Kier alpha value is -1.09. The number of aromatic nitrogens is 1.